The van der Waals surface area contributed by atoms with Crippen LogP contribution >= 0.6 is 11.8 Å². The summed E-state index contributed by atoms with van der Waals surface area (Å²) in [6, 6.07) is 11.3. The standard InChI is InChI=1S/C17H12N4O2S/c1-10-5-2-3-7-12(10)16-20-21-14(18)13(9-11-6-4-8-23-11)15(22)19-17(21)24-16/h2-9,18H,1H3/b13-9-,18-14?. The SMILES string of the molecule is Cc1ccccc1C1=NN2C(=N)/C(=C/c3ccco3)C(=O)N=C2S1. The molecular formula is C17H12N4O2S. The molecule has 7 heteroatoms. The molecule has 0 unspecified atom stereocenters. The first-order valence-corrected chi connectivity index (χ1v) is 8.05. The number of carbonyl (C=O) groups is 1. The number of aryl methyl sites for hydroxylation is 1. The second-order valence-electron chi connectivity index (χ2n) is 5.26. The fourth-order valence-corrected chi connectivity index (χ4v) is 3.41. The number of fused-ring (bicyclic) bond motifs is 1. The summed E-state index contributed by atoms with van der Waals surface area (Å²) >= 11 is 1.29. The molecule has 0 radical (unpaired) electrons. The quantitative estimate of drug-likeness (QED) is 0.854. The molecular weight excluding hydrogens is 324 g/mol. The number of benzene rings is 1. The molecule has 1 amide bonds. The minimum Gasteiger partial charge on any atom is -0.465 e. The van der Waals surface area contributed by atoms with Crippen molar-refractivity contribution in [1.29, 1.82) is 5.41 Å². The summed E-state index contributed by atoms with van der Waals surface area (Å²) < 4.78 is 5.22. The predicted molar refractivity (Wildman–Crippen MR) is 94.0 cm³/mol. The lowest BCUT2D eigenvalue weighted by Gasteiger charge is -2.19. The monoisotopic (exact) mass is 336 g/mol. The van der Waals surface area contributed by atoms with Gasteiger partial charge in [-0.2, -0.15) is 15.1 Å². The van der Waals surface area contributed by atoms with Crippen LogP contribution in [0.2, 0.25) is 0 Å². The van der Waals surface area contributed by atoms with E-state index in [1.165, 1.54) is 29.1 Å². The first-order valence-electron chi connectivity index (χ1n) is 7.23. The third-order valence-corrected chi connectivity index (χ3v) is 4.60. The summed E-state index contributed by atoms with van der Waals surface area (Å²) in [5, 5.41) is 15.3. The number of aliphatic imine (C=N–C) groups is 1. The zero-order valence-electron chi connectivity index (χ0n) is 12.7. The lowest BCUT2D eigenvalue weighted by Crippen LogP contribution is -2.35. The average Bonchev–Trinajstić information content (AvgIpc) is 3.21. The van der Waals surface area contributed by atoms with Gasteiger partial charge in [0.2, 0.25) is 5.17 Å². The summed E-state index contributed by atoms with van der Waals surface area (Å²) in [6.07, 6.45) is 3.02. The summed E-state index contributed by atoms with van der Waals surface area (Å²) in [5.74, 6) is 0.0329. The molecule has 6 nitrogen and oxygen atoms in total. The number of amides is 1. The van der Waals surface area contributed by atoms with Gasteiger partial charge in [-0.25, -0.2) is 0 Å². The molecule has 1 aromatic carbocycles. The van der Waals surface area contributed by atoms with Crippen molar-refractivity contribution in [1.82, 2.24) is 5.01 Å². The molecule has 3 heterocycles. The zero-order chi connectivity index (χ0) is 16.7. The summed E-state index contributed by atoms with van der Waals surface area (Å²) in [5.41, 5.74) is 2.20. The van der Waals surface area contributed by atoms with E-state index in [0.29, 0.717) is 10.9 Å². The lowest BCUT2D eigenvalue weighted by molar-refractivity contribution is -0.114. The van der Waals surface area contributed by atoms with Crippen LogP contribution in [0.3, 0.4) is 0 Å². The van der Waals surface area contributed by atoms with Gasteiger partial charge in [-0.3, -0.25) is 10.2 Å². The molecule has 0 saturated carbocycles. The molecule has 0 spiro atoms. The predicted octanol–water partition coefficient (Wildman–Crippen LogP) is 3.26. The first kappa shape index (κ1) is 14.6. The molecule has 118 valence electrons. The van der Waals surface area contributed by atoms with Crippen LogP contribution in [0.5, 0.6) is 0 Å². The maximum atomic E-state index is 12.3. The highest BCUT2D eigenvalue weighted by Gasteiger charge is 2.36. The molecule has 0 atom stereocenters. The minimum atomic E-state index is -0.462. The van der Waals surface area contributed by atoms with Crippen LogP contribution in [0, 0.1) is 12.3 Å². The molecule has 24 heavy (non-hydrogen) atoms. The van der Waals surface area contributed by atoms with Crippen molar-refractivity contribution in [2.45, 2.75) is 6.92 Å². The Hall–Kier alpha value is -2.93. The van der Waals surface area contributed by atoms with Gasteiger partial charge in [-0.05, 0) is 42.5 Å². The highest BCUT2D eigenvalue weighted by molar-refractivity contribution is 8.27. The number of hydrogen-bond acceptors (Lipinski definition) is 5. The van der Waals surface area contributed by atoms with Gasteiger partial charge in [0.1, 0.15) is 10.8 Å². The van der Waals surface area contributed by atoms with Crippen LogP contribution in [0.25, 0.3) is 6.08 Å². The molecule has 0 fully saturated rings. The van der Waals surface area contributed by atoms with Crippen molar-refractivity contribution < 1.29 is 9.21 Å². The van der Waals surface area contributed by atoms with Gasteiger partial charge in [-0.15, -0.1) is 0 Å². The van der Waals surface area contributed by atoms with Gasteiger partial charge in [0.15, 0.2) is 5.84 Å². The van der Waals surface area contributed by atoms with Gasteiger partial charge < -0.3 is 4.42 Å². The van der Waals surface area contributed by atoms with E-state index in [1.807, 2.05) is 31.2 Å². The largest absolute Gasteiger partial charge is 0.465 e. The molecule has 2 aromatic rings. The Morgan fingerprint density at radius 3 is 2.83 bits per heavy atom. The maximum Gasteiger partial charge on any atom is 0.283 e. The third-order valence-electron chi connectivity index (χ3n) is 3.66. The highest BCUT2D eigenvalue weighted by Crippen LogP contribution is 2.31. The Kier molecular flexibility index (Phi) is 3.42. The lowest BCUT2D eigenvalue weighted by atomic mass is 10.1. The fraction of sp³-hybridized carbons (Fsp3) is 0.0588. The molecule has 2 aliphatic heterocycles. The van der Waals surface area contributed by atoms with Crippen LogP contribution in [-0.4, -0.2) is 27.0 Å². The highest BCUT2D eigenvalue weighted by atomic mass is 32.2. The van der Waals surface area contributed by atoms with E-state index in [-0.39, 0.29) is 11.4 Å². The molecule has 0 bridgehead atoms. The van der Waals surface area contributed by atoms with E-state index >= 15 is 0 Å². The Bertz CT molecular complexity index is 941. The average molecular weight is 336 g/mol. The number of thioether (sulfide) groups is 1. The van der Waals surface area contributed by atoms with Crippen LogP contribution in [0.4, 0.5) is 0 Å². The van der Waals surface area contributed by atoms with Crippen molar-refractivity contribution in [3.05, 3.63) is 65.1 Å². The third kappa shape index (κ3) is 2.39. The van der Waals surface area contributed by atoms with Gasteiger partial charge in [0.05, 0.1) is 11.8 Å². The van der Waals surface area contributed by atoms with Crippen molar-refractivity contribution in [3.63, 3.8) is 0 Å². The van der Waals surface area contributed by atoms with Crippen molar-refractivity contribution >= 4 is 39.8 Å². The molecule has 1 N–H and O–H groups in total. The molecule has 0 aliphatic carbocycles. The second-order valence-corrected chi connectivity index (χ2v) is 6.21. The summed E-state index contributed by atoms with van der Waals surface area (Å²) in [6.45, 7) is 2.00. The number of amidine groups is 2. The van der Waals surface area contributed by atoms with E-state index < -0.39 is 5.91 Å². The van der Waals surface area contributed by atoms with Gasteiger partial charge >= 0.3 is 0 Å². The first-order chi connectivity index (χ1) is 11.6. The van der Waals surface area contributed by atoms with Crippen LogP contribution in [-0.2, 0) is 4.79 Å². The number of carbonyl (C=O) groups excluding carboxylic acids is 1. The van der Waals surface area contributed by atoms with Gasteiger partial charge in [0, 0.05) is 5.56 Å². The zero-order valence-corrected chi connectivity index (χ0v) is 13.5. The number of furan rings is 1. The summed E-state index contributed by atoms with van der Waals surface area (Å²) in [7, 11) is 0. The number of hydrogen-bond donors (Lipinski definition) is 1. The number of nitrogens with one attached hydrogen (secondary N) is 1. The Morgan fingerprint density at radius 1 is 1.25 bits per heavy atom. The second kappa shape index (κ2) is 5.61. The number of hydrazone groups is 1. The van der Waals surface area contributed by atoms with Crippen LogP contribution in [0.15, 0.2) is 62.7 Å². The molecule has 2 aliphatic rings. The Labute approximate surface area is 142 Å². The van der Waals surface area contributed by atoms with Crippen molar-refractivity contribution in [2.75, 3.05) is 0 Å². The normalized spacial score (nSPS) is 18.7. The Morgan fingerprint density at radius 2 is 2.08 bits per heavy atom. The van der Waals surface area contributed by atoms with E-state index in [4.69, 9.17) is 9.83 Å². The molecule has 4 rings (SSSR count). The van der Waals surface area contributed by atoms with Crippen LogP contribution in [0.1, 0.15) is 16.9 Å². The number of nitrogens with zero attached hydrogens (tertiary/aromatic N) is 3. The van der Waals surface area contributed by atoms with Crippen LogP contribution < -0.4 is 0 Å². The summed E-state index contributed by atoms with van der Waals surface area (Å²) in [4.78, 5) is 16.3. The van der Waals surface area contributed by atoms with Crippen molar-refractivity contribution in [2.24, 2.45) is 10.1 Å². The van der Waals surface area contributed by atoms with Crippen molar-refractivity contribution in [3.8, 4) is 0 Å². The maximum absolute atomic E-state index is 12.3. The smallest absolute Gasteiger partial charge is 0.283 e. The Balaban J connectivity index is 1.73. The van der Waals surface area contributed by atoms with E-state index in [9.17, 15) is 4.79 Å². The van der Waals surface area contributed by atoms with Gasteiger partial charge in [0.25, 0.3) is 5.91 Å². The van der Waals surface area contributed by atoms with E-state index in [1.54, 1.807) is 12.1 Å². The van der Waals surface area contributed by atoms with Gasteiger partial charge in [-0.1, -0.05) is 24.3 Å². The molecule has 0 saturated heterocycles. The topological polar surface area (TPSA) is 82.0 Å². The fourth-order valence-electron chi connectivity index (χ4n) is 2.43. The van der Waals surface area contributed by atoms with E-state index in [2.05, 4.69) is 10.1 Å². The van der Waals surface area contributed by atoms with E-state index in [0.717, 1.165) is 16.2 Å². The number of rotatable bonds is 2. The molecule has 1 aromatic heterocycles. The minimum absolute atomic E-state index is 0.00233.